The van der Waals surface area contributed by atoms with Gasteiger partial charge in [-0.3, -0.25) is 9.48 Å². The quantitative estimate of drug-likeness (QED) is 0.648. The summed E-state index contributed by atoms with van der Waals surface area (Å²) in [7, 11) is -3.96. The van der Waals surface area contributed by atoms with Crippen LogP contribution < -0.4 is 9.62 Å². The molecule has 7 nitrogen and oxygen atoms in total. The molecule has 1 aliphatic rings. The molecule has 1 aliphatic heterocycles. The van der Waals surface area contributed by atoms with E-state index in [1.165, 1.54) is 24.3 Å². The molecule has 29 heavy (non-hydrogen) atoms. The van der Waals surface area contributed by atoms with Gasteiger partial charge in [-0.05, 0) is 36.8 Å². The summed E-state index contributed by atoms with van der Waals surface area (Å²) in [5.41, 5.74) is -0.918. The Balaban J connectivity index is 1.65. The van der Waals surface area contributed by atoms with Crippen LogP contribution >= 0.6 is 0 Å². The van der Waals surface area contributed by atoms with E-state index in [0.29, 0.717) is 29.4 Å². The zero-order valence-corrected chi connectivity index (χ0v) is 15.9. The normalized spacial score (nSPS) is 15.1. The number of aromatic nitrogens is 2. The first-order chi connectivity index (χ1) is 13.7. The van der Waals surface area contributed by atoms with Crippen LogP contribution in [0.5, 0.6) is 0 Å². The summed E-state index contributed by atoms with van der Waals surface area (Å²) >= 11 is 0. The summed E-state index contributed by atoms with van der Waals surface area (Å²) in [6, 6.07) is 6.28. The number of amides is 1. The Bertz CT molecular complexity index is 977. The van der Waals surface area contributed by atoms with Crippen molar-refractivity contribution in [3.8, 4) is 0 Å². The Kier molecular flexibility index (Phi) is 6.22. The number of carbonyl (C=O) groups is 1. The molecule has 2 aromatic rings. The molecule has 1 saturated heterocycles. The molecule has 1 amide bonds. The zero-order valence-electron chi connectivity index (χ0n) is 15.1. The Morgan fingerprint density at radius 1 is 1.10 bits per heavy atom. The standard InChI is InChI=1S/C17H18F4N4O3S/c18-16(19)13-10-14(17(20)21)25(23-13)9-7-22-29(27,28)12-5-3-11(4-6-12)24-8-1-2-15(24)26/h3-6,10,16-17,22H,1-2,7-9H2. The minimum atomic E-state index is -3.96. The van der Waals surface area contributed by atoms with Gasteiger partial charge < -0.3 is 4.90 Å². The Morgan fingerprint density at radius 2 is 1.79 bits per heavy atom. The fourth-order valence-corrected chi connectivity index (χ4v) is 4.03. The molecular formula is C17H18F4N4O3S. The molecule has 0 atom stereocenters. The maximum atomic E-state index is 13.0. The van der Waals surface area contributed by atoms with Crippen molar-refractivity contribution in [1.29, 1.82) is 0 Å². The van der Waals surface area contributed by atoms with Gasteiger partial charge in [0.15, 0.2) is 0 Å². The molecule has 1 N–H and O–H groups in total. The van der Waals surface area contributed by atoms with Gasteiger partial charge >= 0.3 is 0 Å². The van der Waals surface area contributed by atoms with Crippen LogP contribution in [0, 0.1) is 0 Å². The molecule has 0 radical (unpaired) electrons. The average Bonchev–Trinajstić information content (AvgIpc) is 3.28. The third-order valence-electron chi connectivity index (χ3n) is 4.42. The minimum Gasteiger partial charge on any atom is -0.312 e. The third-order valence-corrected chi connectivity index (χ3v) is 5.90. The number of nitrogens with one attached hydrogen (secondary N) is 1. The molecule has 0 aliphatic carbocycles. The van der Waals surface area contributed by atoms with Gasteiger partial charge in [0.05, 0.1) is 11.4 Å². The summed E-state index contributed by atoms with van der Waals surface area (Å²) in [6.45, 7) is -0.0924. The molecule has 3 rings (SSSR count). The lowest BCUT2D eigenvalue weighted by Crippen LogP contribution is -2.28. The van der Waals surface area contributed by atoms with Crippen molar-refractivity contribution in [2.24, 2.45) is 0 Å². The second kappa shape index (κ2) is 8.49. The van der Waals surface area contributed by atoms with Crippen LogP contribution in [0.15, 0.2) is 35.2 Å². The van der Waals surface area contributed by atoms with Gasteiger partial charge in [-0.1, -0.05) is 0 Å². The smallest absolute Gasteiger partial charge is 0.282 e. The number of hydrogen-bond acceptors (Lipinski definition) is 4. The largest absolute Gasteiger partial charge is 0.312 e. The second-order valence-electron chi connectivity index (χ2n) is 6.36. The topological polar surface area (TPSA) is 84.3 Å². The van der Waals surface area contributed by atoms with Gasteiger partial charge in [0.2, 0.25) is 15.9 Å². The highest BCUT2D eigenvalue weighted by Crippen LogP contribution is 2.25. The van der Waals surface area contributed by atoms with Crippen molar-refractivity contribution in [2.45, 2.75) is 37.1 Å². The number of alkyl halides is 4. The first-order valence-corrected chi connectivity index (χ1v) is 10.2. The fraction of sp³-hybridized carbons (Fsp3) is 0.412. The lowest BCUT2D eigenvalue weighted by atomic mass is 10.3. The van der Waals surface area contributed by atoms with Gasteiger partial charge in [-0.2, -0.15) is 5.10 Å². The summed E-state index contributed by atoms with van der Waals surface area (Å²) in [6.07, 6.45) is -4.84. The van der Waals surface area contributed by atoms with Crippen LogP contribution in [0.25, 0.3) is 0 Å². The van der Waals surface area contributed by atoms with E-state index < -0.39 is 34.3 Å². The highest BCUT2D eigenvalue weighted by Gasteiger charge is 2.23. The summed E-state index contributed by atoms with van der Waals surface area (Å²) in [5, 5.41) is 3.40. The molecule has 2 heterocycles. The third kappa shape index (κ3) is 4.75. The van der Waals surface area contributed by atoms with Crippen LogP contribution in [0.4, 0.5) is 23.2 Å². The van der Waals surface area contributed by atoms with Crippen molar-refractivity contribution in [3.63, 3.8) is 0 Å². The SMILES string of the molecule is O=C1CCCN1c1ccc(S(=O)(=O)NCCn2nc(C(F)F)cc2C(F)F)cc1. The summed E-state index contributed by atoms with van der Waals surface area (Å²) in [5.74, 6) is -0.0315. The molecule has 1 aromatic carbocycles. The van der Waals surface area contributed by atoms with Crippen molar-refractivity contribution in [3.05, 3.63) is 41.7 Å². The van der Waals surface area contributed by atoms with Crippen LogP contribution in [-0.2, 0) is 21.4 Å². The summed E-state index contributed by atoms with van der Waals surface area (Å²) < 4.78 is 78.9. The zero-order chi connectivity index (χ0) is 21.2. The molecule has 0 saturated carbocycles. The Hall–Kier alpha value is -2.47. The molecule has 0 unspecified atom stereocenters. The molecule has 0 bridgehead atoms. The van der Waals surface area contributed by atoms with E-state index in [1.54, 1.807) is 4.90 Å². The van der Waals surface area contributed by atoms with Crippen LogP contribution in [0.2, 0.25) is 0 Å². The highest BCUT2D eigenvalue weighted by atomic mass is 32.2. The fourth-order valence-electron chi connectivity index (χ4n) is 3.01. The maximum absolute atomic E-state index is 13.0. The van der Waals surface area contributed by atoms with E-state index in [9.17, 15) is 30.8 Å². The first kappa shape index (κ1) is 21.2. The summed E-state index contributed by atoms with van der Waals surface area (Å²) in [4.78, 5) is 13.2. The number of carbonyl (C=O) groups excluding carboxylic acids is 1. The number of rotatable bonds is 8. The highest BCUT2D eigenvalue weighted by molar-refractivity contribution is 7.89. The van der Waals surface area contributed by atoms with Gasteiger partial charge in [0, 0.05) is 25.2 Å². The van der Waals surface area contributed by atoms with Crippen molar-refractivity contribution in [2.75, 3.05) is 18.0 Å². The number of benzene rings is 1. The van der Waals surface area contributed by atoms with E-state index in [0.717, 1.165) is 6.42 Å². The molecule has 1 aromatic heterocycles. The van der Waals surface area contributed by atoms with Gasteiger partial charge in [0.1, 0.15) is 11.4 Å². The van der Waals surface area contributed by atoms with E-state index in [-0.39, 0.29) is 23.9 Å². The van der Waals surface area contributed by atoms with Crippen molar-refractivity contribution >= 4 is 21.6 Å². The molecule has 158 valence electrons. The first-order valence-electron chi connectivity index (χ1n) is 8.73. The maximum Gasteiger partial charge on any atom is 0.282 e. The van der Waals surface area contributed by atoms with Gasteiger partial charge in [-0.15, -0.1) is 0 Å². The monoisotopic (exact) mass is 434 g/mol. The minimum absolute atomic E-state index is 0.0315. The Labute approximate surface area is 164 Å². The lowest BCUT2D eigenvalue weighted by molar-refractivity contribution is -0.117. The van der Waals surface area contributed by atoms with Crippen molar-refractivity contribution < 1.29 is 30.8 Å². The second-order valence-corrected chi connectivity index (χ2v) is 8.13. The average molecular weight is 434 g/mol. The Morgan fingerprint density at radius 3 is 2.34 bits per heavy atom. The molecule has 12 heteroatoms. The number of nitrogens with zero attached hydrogens (tertiary/aromatic N) is 3. The van der Waals surface area contributed by atoms with E-state index in [4.69, 9.17) is 0 Å². The van der Waals surface area contributed by atoms with E-state index >= 15 is 0 Å². The van der Waals surface area contributed by atoms with Crippen LogP contribution in [-0.4, -0.2) is 37.2 Å². The number of hydrogen-bond donors (Lipinski definition) is 1. The number of halogens is 4. The van der Waals surface area contributed by atoms with Gasteiger partial charge in [0.25, 0.3) is 12.9 Å². The number of anilines is 1. The van der Waals surface area contributed by atoms with Crippen LogP contribution in [0.1, 0.15) is 37.1 Å². The molecule has 0 spiro atoms. The predicted octanol–water partition coefficient (Wildman–Crippen LogP) is 2.86. The van der Waals surface area contributed by atoms with Gasteiger partial charge in [-0.25, -0.2) is 30.7 Å². The van der Waals surface area contributed by atoms with Crippen molar-refractivity contribution in [1.82, 2.24) is 14.5 Å². The molecule has 1 fully saturated rings. The molecular weight excluding hydrogens is 416 g/mol. The lowest BCUT2D eigenvalue weighted by Gasteiger charge is -2.16. The number of sulfonamides is 1. The van der Waals surface area contributed by atoms with Crippen LogP contribution in [0.3, 0.4) is 0 Å². The van der Waals surface area contributed by atoms with E-state index in [1.807, 2.05) is 0 Å². The predicted molar refractivity (Wildman–Crippen MR) is 95.4 cm³/mol. The van der Waals surface area contributed by atoms with E-state index in [2.05, 4.69) is 9.82 Å².